The maximum atomic E-state index is 12.9. The van der Waals surface area contributed by atoms with Crippen molar-refractivity contribution in [1.82, 2.24) is 30.2 Å². The highest BCUT2D eigenvalue weighted by molar-refractivity contribution is 7.19. The zero-order chi connectivity index (χ0) is 20.7. The van der Waals surface area contributed by atoms with Gasteiger partial charge in [-0.1, -0.05) is 60.2 Å². The quantitative estimate of drug-likeness (QED) is 0.481. The standard InChI is InChI=1S/C22H18N6OS/c1-13-8-10-15(11-9-13)18-14(2)30-22-19(18)21(29)23-17(24-22)12-28-26-20(25-27-28)16-6-4-3-5-7-16/h3-11H,12H2,1-2H3,(H,23,24,29). The summed E-state index contributed by atoms with van der Waals surface area (Å²) >= 11 is 1.52. The minimum atomic E-state index is -0.154. The van der Waals surface area contributed by atoms with Gasteiger partial charge in [-0.3, -0.25) is 4.79 Å². The number of rotatable bonds is 4. The lowest BCUT2D eigenvalue weighted by Crippen LogP contribution is -2.15. The number of fused-ring (bicyclic) bond motifs is 1. The second kappa shape index (κ2) is 7.31. The van der Waals surface area contributed by atoms with Gasteiger partial charge in [0.05, 0.1) is 5.39 Å². The number of nitrogens with one attached hydrogen (secondary N) is 1. The number of hydrogen-bond donors (Lipinski definition) is 1. The van der Waals surface area contributed by atoms with Crippen LogP contribution in [0.5, 0.6) is 0 Å². The molecule has 0 saturated heterocycles. The van der Waals surface area contributed by atoms with Crippen LogP contribution in [0.1, 0.15) is 16.3 Å². The SMILES string of the molecule is Cc1ccc(-c2c(C)sc3nc(Cn4nnc(-c5ccccc5)n4)[nH]c(=O)c23)cc1. The van der Waals surface area contributed by atoms with E-state index in [0.29, 0.717) is 21.9 Å². The summed E-state index contributed by atoms with van der Waals surface area (Å²) in [6, 6.07) is 17.8. The van der Waals surface area contributed by atoms with Crippen molar-refractivity contribution in [2.75, 3.05) is 0 Å². The molecule has 0 spiro atoms. The average molecular weight is 414 g/mol. The molecule has 148 valence electrons. The van der Waals surface area contributed by atoms with Crippen molar-refractivity contribution in [1.29, 1.82) is 0 Å². The van der Waals surface area contributed by atoms with Crippen LogP contribution in [-0.2, 0) is 6.54 Å². The van der Waals surface area contributed by atoms with E-state index in [1.54, 1.807) is 0 Å². The molecule has 5 aromatic rings. The third kappa shape index (κ3) is 3.31. The maximum Gasteiger partial charge on any atom is 0.260 e. The number of H-pyrrole nitrogens is 1. The summed E-state index contributed by atoms with van der Waals surface area (Å²) in [5, 5.41) is 13.2. The van der Waals surface area contributed by atoms with E-state index in [-0.39, 0.29) is 12.1 Å². The molecule has 0 radical (unpaired) electrons. The zero-order valence-electron chi connectivity index (χ0n) is 16.5. The highest BCUT2D eigenvalue weighted by atomic mass is 32.1. The molecule has 2 aromatic carbocycles. The van der Waals surface area contributed by atoms with Crippen molar-refractivity contribution in [3.63, 3.8) is 0 Å². The van der Waals surface area contributed by atoms with Gasteiger partial charge in [-0.05, 0) is 24.6 Å². The molecule has 0 atom stereocenters. The van der Waals surface area contributed by atoms with E-state index in [9.17, 15) is 4.79 Å². The van der Waals surface area contributed by atoms with Gasteiger partial charge in [0.1, 0.15) is 17.2 Å². The molecule has 0 amide bonds. The van der Waals surface area contributed by atoms with E-state index in [1.165, 1.54) is 21.7 Å². The first-order valence-electron chi connectivity index (χ1n) is 9.51. The fourth-order valence-electron chi connectivity index (χ4n) is 3.45. The zero-order valence-corrected chi connectivity index (χ0v) is 17.3. The van der Waals surface area contributed by atoms with Crippen LogP contribution in [0.15, 0.2) is 59.4 Å². The van der Waals surface area contributed by atoms with Crippen molar-refractivity contribution >= 4 is 21.6 Å². The summed E-state index contributed by atoms with van der Waals surface area (Å²) in [6.07, 6.45) is 0. The highest BCUT2D eigenvalue weighted by Gasteiger charge is 2.17. The van der Waals surface area contributed by atoms with Crippen molar-refractivity contribution < 1.29 is 0 Å². The van der Waals surface area contributed by atoms with Crippen LogP contribution in [0.3, 0.4) is 0 Å². The lowest BCUT2D eigenvalue weighted by atomic mass is 10.0. The predicted molar refractivity (Wildman–Crippen MR) is 118 cm³/mol. The summed E-state index contributed by atoms with van der Waals surface area (Å²) in [6.45, 7) is 4.30. The van der Waals surface area contributed by atoms with Gasteiger partial charge in [0.2, 0.25) is 5.82 Å². The van der Waals surface area contributed by atoms with Crippen LogP contribution in [0.4, 0.5) is 0 Å². The Hall–Kier alpha value is -3.65. The number of thiophene rings is 1. The third-order valence-electron chi connectivity index (χ3n) is 4.90. The molecule has 3 heterocycles. The van der Waals surface area contributed by atoms with E-state index in [4.69, 9.17) is 0 Å². The van der Waals surface area contributed by atoms with Crippen LogP contribution in [0.25, 0.3) is 32.7 Å². The third-order valence-corrected chi connectivity index (χ3v) is 5.90. The Labute approximate surface area is 176 Å². The summed E-state index contributed by atoms with van der Waals surface area (Å²) in [4.78, 5) is 23.7. The molecule has 7 nitrogen and oxygen atoms in total. The first-order valence-corrected chi connectivity index (χ1v) is 10.3. The summed E-state index contributed by atoms with van der Waals surface area (Å²) in [7, 11) is 0. The van der Waals surface area contributed by atoms with E-state index in [0.717, 1.165) is 21.6 Å². The topological polar surface area (TPSA) is 89.3 Å². The fourth-order valence-corrected chi connectivity index (χ4v) is 4.52. The number of benzene rings is 2. The summed E-state index contributed by atoms with van der Waals surface area (Å²) in [5.41, 5.74) is 3.88. The largest absolute Gasteiger partial charge is 0.308 e. The number of hydrogen-bond acceptors (Lipinski definition) is 6. The van der Waals surface area contributed by atoms with Crippen LogP contribution in [-0.4, -0.2) is 30.2 Å². The van der Waals surface area contributed by atoms with Gasteiger partial charge < -0.3 is 4.98 Å². The van der Waals surface area contributed by atoms with Gasteiger partial charge in [0, 0.05) is 16.0 Å². The Bertz CT molecular complexity index is 1400. The lowest BCUT2D eigenvalue weighted by molar-refractivity contribution is 0.555. The van der Waals surface area contributed by atoms with E-state index in [2.05, 4.69) is 37.5 Å². The van der Waals surface area contributed by atoms with Gasteiger partial charge in [-0.25, -0.2) is 4.98 Å². The maximum absolute atomic E-state index is 12.9. The van der Waals surface area contributed by atoms with Crippen molar-refractivity contribution in [2.24, 2.45) is 0 Å². The predicted octanol–water partition coefficient (Wildman–Crippen LogP) is 3.97. The molecule has 1 N–H and O–H groups in total. The molecule has 30 heavy (non-hydrogen) atoms. The molecule has 0 bridgehead atoms. The number of aromatic amines is 1. The van der Waals surface area contributed by atoms with Gasteiger partial charge in [-0.15, -0.1) is 21.5 Å². The van der Waals surface area contributed by atoms with Crippen LogP contribution in [0, 0.1) is 13.8 Å². The van der Waals surface area contributed by atoms with Crippen molar-refractivity contribution in [3.05, 3.63) is 81.2 Å². The molecular weight excluding hydrogens is 396 g/mol. The normalized spacial score (nSPS) is 11.3. The molecule has 0 unspecified atom stereocenters. The Morgan fingerprint density at radius 3 is 2.53 bits per heavy atom. The number of aryl methyl sites for hydroxylation is 2. The van der Waals surface area contributed by atoms with Gasteiger partial charge in [0.25, 0.3) is 5.56 Å². The molecule has 0 aliphatic heterocycles. The van der Waals surface area contributed by atoms with Crippen LogP contribution < -0.4 is 5.56 Å². The van der Waals surface area contributed by atoms with Crippen LogP contribution in [0.2, 0.25) is 0 Å². The van der Waals surface area contributed by atoms with Crippen molar-refractivity contribution in [2.45, 2.75) is 20.4 Å². The number of aromatic nitrogens is 6. The van der Waals surface area contributed by atoms with Gasteiger partial charge >= 0.3 is 0 Å². The van der Waals surface area contributed by atoms with E-state index >= 15 is 0 Å². The Balaban J connectivity index is 1.51. The molecular formula is C22H18N6OS. The van der Waals surface area contributed by atoms with Gasteiger partial charge in [0.15, 0.2) is 0 Å². The minimum Gasteiger partial charge on any atom is -0.308 e. The fraction of sp³-hybridized carbons (Fsp3) is 0.136. The van der Waals surface area contributed by atoms with E-state index in [1.807, 2.05) is 56.3 Å². The Morgan fingerprint density at radius 1 is 1.00 bits per heavy atom. The van der Waals surface area contributed by atoms with Crippen LogP contribution >= 0.6 is 11.3 Å². The smallest absolute Gasteiger partial charge is 0.260 e. The number of nitrogens with zero attached hydrogens (tertiary/aromatic N) is 5. The lowest BCUT2D eigenvalue weighted by Gasteiger charge is -2.03. The molecule has 0 saturated carbocycles. The molecule has 5 rings (SSSR count). The summed E-state index contributed by atoms with van der Waals surface area (Å²) < 4.78 is 0. The highest BCUT2D eigenvalue weighted by Crippen LogP contribution is 2.35. The first kappa shape index (κ1) is 18.4. The molecule has 8 heteroatoms. The minimum absolute atomic E-state index is 0.154. The second-order valence-corrected chi connectivity index (χ2v) is 8.30. The molecule has 3 aromatic heterocycles. The second-order valence-electron chi connectivity index (χ2n) is 7.10. The van der Waals surface area contributed by atoms with E-state index < -0.39 is 0 Å². The average Bonchev–Trinajstić information content (AvgIpc) is 3.33. The molecule has 0 aliphatic rings. The monoisotopic (exact) mass is 414 g/mol. The molecule has 0 fully saturated rings. The Morgan fingerprint density at radius 2 is 1.77 bits per heavy atom. The number of tetrazole rings is 1. The first-order chi connectivity index (χ1) is 14.6. The van der Waals surface area contributed by atoms with Gasteiger partial charge in [-0.2, -0.15) is 4.80 Å². The summed E-state index contributed by atoms with van der Waals surface area (Å²) in [5.74, 6) is 1.04. The van der Waals surface area contributed by atoms with Crippen molar-refractivity contribution in [3.8, 4) is 22.5 Å². The Kier molecular flexibility index (Phi) is 4.48. The molecule has 0 aliphatic carbocycles.